The highest BCUT2D eigenvalue weighted by molar-refractivity contribution is 8.14. The third-order valence-electron chi connectivity index (χ3n) is 3.01. The van der Waals surface area contributed by atoms with Gasteiger partial charge in [-0.3, -0.25) is 19.5 Å². The molecule has 2 amide bonds. The van der Waals surface area contributed by atoms with E-state index in [1.165, 1.54) is 11.9 Å². The number of nitrogens with zero attached hydrogens (tertiary/aromatic N) is 2. The number of amidine groups is 1. The van der Waals surface area contributed by atoms with Gasteiger partial charge in [-0.1, -0.05) is 25.1 Å². The number of thioether (sulfide) groups is 1. The minimum Gasteiger partial charge on any atom is -0.353 e. The summed E-state index contributed by atoms with van der Waals surface area (Å²) >= 11 is 1.68. The lowest BCUT2D eigenvalue weighted by atomic mass is 10.2. The van der Waals surface area contributed by atoms with E-state index in [0.29, 0.717) is 5.25 Å². The van der Waals surface area contributed by atoms with Crippen LogP contribution in [-0.2, 0) is 9.59 Å². The topological polar surface area (TPSA) is 61.8 Å². The van der Waals surface area contributed by atoms with E-state index in [-0.39, 0.29) is 18.2 Å². The van der Waals surface area contributed by atoms with Gasteiger partial charge in [0.25, 0.3) is 5.91 Å². The molecule has 0 aromatic heterocycles. The highest BCUT2D eigenvalue weighted by Crippen LogP contribution is 2.24. The van der Waals surface area contributed by atoms with Crippen LogP contribution in [0, 0.1) is 0 Å². The number of likely N-dealkylation sites (tertiary alicyclic amines) is 1. The summed E-state index contributed by atoms with van der Waals surface area (Å²) in [7, 11) is 1.52. The van der Waals surface area contributed by atoms with Crippen molar-refractivity contribution < 1.29 is 9.59 Å². The van der Waals surface area contributed by atoms with Crippen molar-refractivity contribution in [2.24, 2.45) is 4.99 Å². The van der Waals surface area contributed by atoms with Crippen LogP contribution in [-0.4, -0.2) is 46.8 Å². The van der Waals surface area contributed by atoms with Crippen molar-refractivity contribution >= 4 is 28.7 Å². The predicted molar refractivity (Wildman–Crippen MR) is 67.9 cm³/mol. The molecule has 17 heavy (non-hydrogen) atoms. The molecule has 2 heterocycles. The lowest BCUT2D eigenvalue weighted by Gasteiger charge is -2.12. The fraction of sp³-hybridized carbons (Fsp3) is 0.727. The molecule has 1 N–H and O–H groups in total. The van der Waals surface area contributed by atoms with Crippen LogP contribution in [0.2, 0.25) is 0 Å². The molecule has 2 aliphatic rings. The first kappa shape index (κ1) is 12.4. The van der Waals surface area contributed by atoms with Gasteiger partial charge in [-0.25, -0.2) is 0 Å². The molecule has 0 saturated carbocycles. The second-order valence-corrected chi connectivity index (χ2v) is 5.66. The fourth-order valence-electron chi connectivity index (χ4n) is 1.99. The maximum Gasteiger partial charge on any atom is 0.251 e. The Hall–Kier alpha value is -1.04. The van der Waals surface area contributed by atoms with E-state index in [1.807, 2.05) is 0 Å². The molecule has 2 aliphatic heterocycles. The Morgan fingerprint density at radius 1 is 1.53 bits per heavy atom. The number of likely N-dealkylation sites (N-methyl/N-ethyl adjacent to an activating group) is 1. The maximum atomic E-state index is 11.7. The van der Waals surface area contributed by atoms with E-state index in [0.717, 1.165) is 24.6 Å². The quantitative estimate of drug-likeness (QED) is 0.750. The maximum absolute atomic E-state index is 11.7. The van der Waals surface area contributed by atoms with Gasteiger partial charge in [0, 0.05) is 12.3 Å². The monoisotopic (exact) mass is 255 g/mol. The largest absolute Gasteiger partial charge is 0.353 e. The van der Waals surface area contributed by atoms with Gasteiger partial charge < -0.3 is 5.32 Å². The molecule has 0 radical (unpaired) electrons. The van der Waals surface area contributed by atoms with Crippen molar-refractivity contribution in [2.45, 2.75) is 37.5 Å². The summed E-state index contributed by atoms with van der Waals surface area (Å²) in [6.45, 7) is 2.96. The number of aliphatic imine (C=N–C) groups is 1. The Balaban J connectivity index is 1.87. The lowest BCUT2D eigenvalue weighted by molar-refractivity contribution is -0.137. The normalized spacial score (nSPS) is 28.8. The highest BCUT2D eigenvalue weighted by atomic mass is 32.2. The smallest absolute Gasteiger partial charge is 0.251 e. The van der Waals surface area contributed by atoms with Gasteiger partial charge in [0.2, 0.25) is 5.91 Å². The van der Waals surface area contributed by atoms with E-state index in [1.54, 1.807) is 11.8 Å². The van der Waals surface area contributed by atoms with Crippen LogP contribution in [0.3, 0.4) is 0 Å². The van der Waals surface area contributed by atoms with Crippen molar-refractivity contribution in [1.82, 2.24) is 10.2 Å². The number of hydrogen-bond donors (Lipinski definition) is 1. The van der Waals surface area contributed by atoms with E-state index in [4.69, 9.17) is 0 Å². The molecule has 1 saturated heterocycles. The van der Waals surface area contributed by atoms with Crippen LogP contribution in [0.1, 0.15) is 26.2 Å². The molecule has 6 heteroatoms. The summed E-state index contributed by atoms with van der Waals surface area (Å²) < 4.78 is 0. The number of carbonyl (C=O) groups excluding carboxylic acids is 2. The summed E-state index contributed by atoms with van der Waals surface area (Å²) in [5.41, 5.74) is 0. The third kappa shape index (κ3) is 2.62. The molecule has 2 atom stereocenters. The summed E-state index contributed by atoms with van der Waals surface area (Å²) in [5, 5.41) is 4.41. The Labute approximate surface area is 105 Å². The zero-order valence-electron chi connectivity index (χ0n) is 10.1. The molecule has 0 aromatic carbocycles. The molecular weight excluding hydrogens is 238 g/mol. The lowest BCUT2D eigenvalue weighted by Crippen LogP contribution is -2.39. The second kappa shape index (κ2) is 5.08. The molecule has 0 bridgehead atoms. The molecular formula is C11H17N3O2S. The van der Waals surface area contributed by atoms with Gasteiger partial charge >= 0.3 is 0 Å². The number of rotatable bonds is 3. The van der Waals surface area contributed by atoms with Crippen LogP contribution < -0.4 is 5.32 Å². The van der Waals surface area contributed by atoms with Crippen molar-refractivity contribution in [1.29, 1.82) is 0 Å². The van der Waals surface area contributed by atoms with Gasteiger partial charge in [-0.2, -0.15) is 0 Å². The number of nitrogens with one attached hydrogen (secondary N) is 1. The molecule has 0 spiro atoms. The average Bonchev–Trinajstić information content (AvgIpc) is 2.82. The average molecular weight is 255 g/mol. The third-order valence-corrected chi connectivity index (χ3v) is 4.20. The van der Waals surface area contributed by atoms with Gasteiger partial charge in [0.05, 0.1) is 13.0 Å². The van der Waals surface area contributed by atoms with Gasteiger partial charge in [-0.05, 0) is 6.42 Å². The summed E-state index contributed by atoms with van der Waals surface area (Å²) in [4.78, 5) is 28.6. The van der Waals surface area contributed by atoms with E-state index in [9.17, 15) is 9.59 Å². The molecule has 2 unspecified atom stereocenters. The van der Waals surface area contributed by atoms with E-state index in [2.05, 4.69) is 17.2 Å². The highest BCUT2D eigenvalue weighted by Gasteiger charge is 2.37. The predicted octanol–water partition coefficient (Wildman–Crippen LogP) is 0.605. The minimum absolute atomic E-state index is 0.124. The summed E-state index contributed by atoms with van der Waals surface area (Å²) in [5.74, 6) is -0.279. The Bertz CT molecular complexity index is 370. The standard InChI is InChI=1S/C11H17N3O2S/c1-3-4-7-6-12-11(17-7)13-8-5-9(15)14(2)10(8)16/h7-8H,3-6H2,1-2H3,(H,12,13). The van der Waals surface area contributed by atoms with Gasteiger partial charge in [0.1, 0.15) is 6.04 Å². The van der Waals surface area contributed by atoms with E-state index >= 15 is 0 Å². The van der Waals surface area contributed by atoms with Crippen molar-refractivity contribution in [3.05, 3.63) is 0 Å². The number of imide groups is 1. The van der Waals surface area contributed by atoms with Crippen LogP contribution in [0.15, 0.2) is 4.99 Å². The van der Waals surface area contributed by atoms with Crippen LogP contribution >= 0.6 is 11.8 Å². The van der Waals surface area contributed by atoms with Crippen molar-refractivity contribution in [3.63, 3.8) is 0 Å². The Kier molecular flexibility index (Phi) is 3.71. The zero-order chi connectivity index (χ0) is 12.4. The summed E-state index contributed by atoms with van der Waals surface area (Å²) in [6, 6.07) is -0.417. The first-order valence-electron chi connectivity index (χ1n) is 5.90. The molecule has 94 valence electrons. The number of amides is 2. The SMILES string of the molecule is CCCC1CN=C(NC2CC(=O)N(C)C2=O)S1. The Morgan fingerprint density at radius 2 is 2.29 bits per heavy atom. The summed E-state index contributed by atoms with van der Waals surface area (Å²) in [6.07, 6.45) is 2.52. The first-order valence-corrected chi connectivity index (χ1v) is 6.77. The number of carbonyl (C=O) groups is 2. The first-order chi connectivity index (χ1) is 8.11. The second-order valence-electron chi connectivity index (χ2n) is 4.37. The number of hydrogen-bond acceptors (Lipinski definition) is 5. The molecule has 2 rings (SSSR count). The molecule has 1 fully saturated rings. The van der Waals surface area contributed by atoms with Crippen LogP contribution in [0.5, 0.6) is 0 Å². The fourth-order valence-corrected chi connectivity index (χ4v) is 3.16. The molecule has 0 aliphatic carbocycles. The van der Waals surface area contributed by atoms with Crippen LogP contribution in [0.4, 0.5) is 0 Å². The zero-order valence-corrected chi connectivity index (χ0v) is 10.9. The molecule has 5 nitrogen and oxygen atoms in total. The van der Waals surface area contributed by atoms with Crippen molar-refractivity contribution in [2.75, 3.05) is 13.6 Å². The molecule has 0 aromatic rings. The Morgan fingerprint density at radius 3 is 2.88 bits per heavy atom. The van der Waals surface area contributed by atoms with E-state index < -0.39 is 6.04 Å². The van der Waals surface area contributed by atoms with Crippen molar-refractivity contribution in [3.8, 4) is 0 Å². The van der Waals surface area contributed by atoms with Crippen LogP contribution in [0.25, 0.3) is 0 Å². The van der Waals surface area contributed by atoms with Gasteiger partial charge in [-0.15, -0.1) is 0 Å². The van der Waals surface area contributed by atoms with Gasteiger partial charge in [0.15, 0.2) is 5.17 Å². The minimum atomic E-state index is -0.417.